The average Bonchev–Trinajstić information content (AvgIpc) is 2.99. The summed E-state index contributed by atoms with van der Waals surface area (Å²) in [7, 11) is 0. The van der Waals surface area contributed by atoms with Crippen molar-refractivity contribution in [1.29, 1.82) is 0 Å². The van der Waals surface area contributed by atoms with Crippen LogP contribution in [0.3, 0.4) is 0 Å². The van der Waals surface area contributed by atoms with Crippen molar-refractivity contribution < 1.29 is 9.53 Å². The molecule has 4 nitrogen and oxygen atoms in total. The summed E-state index contributed by atoms with van der Waals surface area (Å²) in [5.41, 5.74) is 1.23. The highest BCUT2D eigenvalue weighted by Crippen LogP contribution is 2.48. The molecule has 3 aromatic rings. The van der Waals surface area contributed by atoms with E-state index in [1.54, 1.807) is 6.20 Å². The highest BCUT2D eigenvalue weighted by atomic mass is 35.5. The van der Waals surface area contributed by atoms with Gasteiger partial charge in [-0.1, -0.05) is 35.9 Å². The Morgan fingerprint density at radius 3 is 2.92 bits per heavy atom. The van der Waals surface area contributed by atoms with E-state index in [4.69, 9.17) is 16.3 Å². The van der Waals surface area contributed by atoms with Crippen LogP contribution in [0.25, 0.3) is 10.8 Å². The summed E-state index contributed by atoms with van der Waals surface area (Å²) >= 11 is 6.23. The summed E-state index contributed by atoms with van der Waals surface area (Å²) in [4.78, 5) is 19.8. The Hall–Kier alpha value is -2.59. The molecule has 1 atom stereocenters. The molecule has 0 radical (unpaired) electrons. The summed E-state index contributed by atoms with van der Waals surface area (Å²) in [6, 6.07) is 13.6. The molecule has 3 heterocycles. The fraction of sp³-hybridized carbons (Fsp3) is 0.238. The van der Waals surface area contributed by atoms with Crippen molar-refractivity contribution in [3.05, 3.63) is 65.4 Å². The lowest BCUT2D eigenvalue weighted by molar-refractivity contribution is -0.122. The second-order valence-electron chi connectivity index (χ2n) is 6.91. The minimum atomic E-state index is -0.560. The molecule has 5 rings (SSSR count). The first-order valence-corrected chi connectivity index (χ1v) is 9.14. The molecule has 2 aromatic carbocycles. The number of ether oxygens (including phenoxy) is 1. The van der Waals surface area contributed by atoms with Crippen molar-refractivity contribution in [3.63, 3.8) is 0 Å². The number of amides is 1. The molecule has 2 aliphatic heterocycles. The number of fused-ring (bicyclic) bond motifs is 3. The van der Waals surface area contributed by atoms with Crippen LogP contribution in [-0.4, -0.2) is 24.0 Å². The van der Waals surface area contributed by atoms with Crippen LogP contribution in [0.1, 0.15) is 18.4 Å². The molecule has 2 aliphatic rings. The topological polar surface area (TPSA) is 42.4 Å². The number of carbonyl (C=O) groups is 1. The van der Waals surface area contributed by atoms with Crippen molar-refractivity contribution in [1.82, 2.24) is 4.98 Å². The van der Waals surface area contributed by atoms with E-state index in [1.165, 1.54) is 0 Å². The fourth-order valence-electron chi connectivity index (χ4n) is 4.27. The molecule has 1 fully saturated rings. The van der Waals surface area contributed by atoms with Crippen LogP contribution in [0.15, 0.2) is 54.9 Å². The van der Waals surface area contributed by atoms with Gasteiger partial charge in [0.2, 0.25) is 5.91 Å². The summed E-state index contributed by atoms with van der Waals surface area (Å²) < 4.78 is 5.78. The molecule has 1 saturated heterocycles. The van der Waals surface area contributed by atoms with Gasteiger partial charge < -0.3 is 9.64 Å². The van der Waals surface area contributed by atoms with Gasteiger partial charge in [0.15, 0.2) is 0 Å². The Morgan fingerprint density at radius 2 is 2.00 bits per heavy atom. The number of carbonyl (C=O) groups excluding carboxylic acids is 1. The Labute approximate surface area is 156 Å². The highest BCUT2D eigenvalue weighted by molar-refractivity contribution is 6.30. The number of halogens is 1. The zero-order chi connectivity index (χ0) is 17.7. The van der Waals surface area contributed by atoms with Gasteiger partial charge in [0, 0.05) is 40.5 Å². The van der Waals surface area contributed by atoms with Crippen LogP contribution < -0.4 is 9.64 Å². The number of benzene rings is 2. The maximum atomic E-state index is 13.6. The molecule has 1 unspecified atom stereocenters. The van der Waals surface area contributed by atoms with Crippen molar-refractivity contribution in [2.75, 3.05) is 18.1 Å². The molecule has 130 valence electrons. The quantitative estimate of drug-likeness (QED) is 0.644. The van der Waals surface area contributed by atoms with E-state index in [0.29, 0.717) is 24.6 Å². The standard InChI is InChI=1S/C21H17ClN2O2/c22-15-5-6-19-17(11-15)21(8-10-26-19)7-9-24(20(21)25)18-13-23-12-14-3-1-2-4-16(14)18/h1-6,11-13H,7-10H2. The highest BCUT2D eigenvalue weighted by Gasteiger charge is 2.51. The Kier molecular flexibility index (Phi) is 3.44. The summed E-state index contributed by atoms with van der Waals surface area (Å²) in [6.07, 6.45) is 5.05. The molecule has 0 saturated carbocycles. The molecule has 5 heteroatoms. The van der Waals surface area contributed by atoms with E-state index in [-0.39, 0.29) is 5.91 Å². The zero-order valence-electron chi connectivity index (χ0n) is 14.1. The molecule has 26 heavy (non-hydrogen) atoms. The van der Waals surface area contributed by atoms with Gasteiger partial charge in [-0.05, 0) is 24.6 Å². The minimum absolute atomic E-state index is 0.113. The van der Waals surface area contributed by atoms with Crippen LogP contribution >= 0.6 is 11.6 Å². The number of pyridine rings is 1. The van der Waals surface area contributed by atoms with Gasteiger partial charge in [-0.15, -0.1) is 0 Å². The SMILES string of the molecule is O=C1N(c2cncc3ccccc23)CCC12CCOc1ccc(Cl)cc12. The average molecular weight is 365 g/mol. The molecule has 0 bridgehead atoms. The van der Waals surface area contributed by atoms with E-state index in [2.05, 4.69) is 4.98 Å². The largest absolute Gasteiger partial charge is 0.493 e. The maximum absolute atomic E-state index is 13.6. The first-order valence-electron chi connectivity index (χ1n) is 8.77. The smallest absolute Gasteiger partial charge is 0.238 e. The number of hydrogen-bond donors (Lipinski definition) is 0. The van der Waals surface area contributed by atoms with Gasteiger partial charge in [-0.25, -0.2) is 0 Å². The zero-order valence-corrected chi connectivity index (χ0v) is 14.9. The van der Waals surface area contributed by atoms with E-state index in [0.717, 1.165) is 34.2 Å². The Balaban J connectivity index is 1.63. The van der Waals surface area contributed by atoms with E-state index >= 15 is 0 Å². The Bertz CT molecular complexity index is 1030. The predicted octanol–water partition coefficient (Wildman–Crippen LogP) is 4.35. The van der Waals surface area contributed by atoms with Crippen molar-refractivity contribution in [2.45, 2.75) is 18.3 Å². The lowest BCUT2D eigenvalue weighted by Gasteiger charge is -2.34. The number of anilines is 1. The lowest BCUT2D eigenvalue weighted by atomic mass is 9.74. The summed E-state index contributed by atoms with van der Waals surface area (Å²) in [6.45, 7) is 1.21. The van der Waals surface area contributed by atoms with Crippen LogP contribution in [0.5, 0.6) is 5.75 Å². The number of rotatable bonds is 1. The van der Waals surface area contributed by atoms with Crippen LogP contribution in [0.4, 0.5) is 5.69 Å². The van der Waals surface area contributed by atoms with Gasteiger partial charge in [0.05, 0.1) is 23.9 Å². The van der Waals surface area contributed by atoms with Gasteiger partial charge in [-0.3, -0.25) is 9.78 Å². The van der Waals surface area contributed by atoms with Crippen LogP contribution in [0.2, 0.25) is 5.02 Å². The third kappa shape index (κ3) is 2.15. The molecule has 1 amide bonds. The number of nitrogens with zero attached hydrogens (tertiary/aromatic N) is 2. The molecular weight excluding hydrogens is 348 g/mol. The second kappa shape index (κ2) is 5.71. The Morgan fingerprint density at radius 1 is 1.12 bits per heavy atom. The second-order valence-corrected chi connectivity index (χ2v) is 7.34. The number of hydrogen-bond acceptors (Lipinski definition) is 3. The van der Waals surface area contributed by atoms with Crippen LogP contribution in [0, 0.1) is 0 Å². The summed E-state index contributed by atoms with van der Waals surface area (Å²) in [5, 5.41) is 2.71. The lowest BCUT2D eigenvalue weighted by Crippen LogP contribution is -2.41. The third-order valence-corrected chi connectivity index (χ3v) is 5.83. The monoisotopic (exact) mass is 364 g/mol. The normalized spacial score (nSPS) is 21.9. The molecular formula is C21H17ClN2O2. The molecule has 1 aromatic heterocycles. The van der Waals surface area contributed by atoms with Crippen LogP contribution in [-0.2, 0) is 10.2 Å². The van der Waals surface area contributed by atoms with Gasteiger partial charge in [-0.2, -0.15) is 0 Å². The molecule has 0 N–H and O–H groups in total. The summed E-state index contributed by atoms with van der Waals surface area (Å²) in [5.74, 6) is 0.884. The molecule has 0 aliphatic carbocycles. The van der Waals surface area contributed by atoms with E-state index in [1.807, 2.05) is 53.6 Å². The van der Waals surface area contributed by atoms with Gasteiger partial charge in [0.1, 0.15) is 5.75 Å². The van der Waals surface area contributed by atoms with E-state index < -0.39 is 5.41 Å². The van der Waals surface area contributed by atoms with Crippen molar-refractivity contribution in [3.8, 4) is 5.75 Å². The predicted molar refractivity (Wildman–Crippen MR) is 102 cm³/mol. The van der Waals surface area contributed by atoms with Gasteiger partial charge >= 0.3 is 0 Å². The first kappa shape index (κ1) is 15.6. The first-order chi connectivity index (χ1) is 12.7. The third-order valence-electron chi connectivity index (χ3n) is 5.60. The van der Waals surface area contributed by atoms with Crippen molar-refractivity contribution >= 4 is 34.0 Å². The van der Waals surface area contributed by atoms with Crippen molar-refractivity contribution in [2.24, 2.45) is 0 Å². The van der Waals surface area contributed by atoms with E-state index in [9.17, 15) is 4.79 Å². The van der Waals surface area contributed by atoms with Gasteiger partial charge in [0.25, 0.3) is 0 Å². The molecule has 1 spiro atoms. The minimum Gasteiger partial charge on any atom is -0.493 e. The number of aromatic nitrogens is 1. The maximum Gasteiger partial charge on any atom is 0.238 e. The fourth-order valence-corrected chi connectivity index (χ4v) is 4.44.